The lowest BCUT2D eigenvalue weighted by molar-refractivity contribution is -0.140. The van der Waals surface area contributed by atoms with Crippen molar-refractivity contribution in [1.82, 2.24) is 10.2 Å². The lowest BCUT2D eigenvalue weighted by atomic mass is 10.0. The Balaban J connectivity index is 2.08. The standard InChI is InChI=1S/C30H35BrClN3O4S/c1-21-17-25(15-16-26(21)31)35(40(5,38)39)20-28(36)34(19-23-11-13-24(32)14-12-23)27(29(37)33-30(2,3)4)18-22-9-7-6-8-10-22/h6-17,27H,18-20H2,1-5H3,(H,33,37). The Morgan fingerprint density at radius 3 is 2.15 bits per heavy atom. The summed E-state index contributed by atoms with van der Waals surface area (Å²) >= 11 is 9.53. The van der Waals surface area contributed by atoms with Gasteiger partial charge in [-0.3, -0.25) is 13.9 Å². The second kappa shape index (κ2) is 13.2. The summed E-state index contributed by atoms with van der Waals surface area (Å²) in [6, 6.07) is 20.6. The second-order valence-electron chi connectivity index (χ2n) is 10.8. The van der Waals surface area contributed by atoms with E-state index in [2.05, 4.69) is 21.2 Å². The fraction of sp³-hybridized carbons (Fsp3) is 0.333. The normalized spacial score (nSPS) is 12.5. The van der Waals surface area contributed by atoms with Gasteiger partial charge in [-0.1, -0.05) is 70.0 Å². The third kappa shape index (κ3) is 9.08. The van der Waals surface area contributed by atoms with Crippen LogP contribution in [0.25, 0.3) is 0 Å². The van der Waals surface area contributed by atoms with Gasteiger partial charge >= 0.3 is 0 Å². The number of rotatable bonds is 10. The zero-order valence-electron chi connectivity index (χ0n) is 23.3. The van der Waals surface area contributed by atoms with Gasteiger partial charge in [0.05, 0.1) is 11.9 Å². The molecule has 0 spiro atoms. The Labute approximate surface area is 250 Å². The van der Waals surface area contributed by atoms with Gasteiger partial charge in [0.15, 0.2) is 0 Å². The first-order valence-corrected chi connectivity index (χ1v) is 15.8. The lowest BCUT2D eigenvalue weighted by Gasteiger charge is -2.35. The molecular formula is C30H35BrClN3O4S. The van der Waals surface area contributed by atoms with Gasteiger partial charge in [0, 0.05) is 28.0 Å². The Morgan fingerprint density at radius 1 is 0.975 bits per heavy atom. The van der Waals surface area contributed by atoms with Crippen molar-refractivity contribution < 1.29 is 18.0 Å². The highest BCUT2D eigenvalue weighted by Crippen LogP contribution is 2.26. The van der Waals surface area contributed by atoms with Crippen LogP contribution >= 0.6 is 27.5 Å². The predicted molar refractivity (Wildman–Crippen MR) is 165 cm³/mol. The van der Waals surface area contributed by atoms with Crippen LogP contribution in [0, 0.1) is 6.92 Å². The third-order valence-electron chi connectivity index (χ3n) is 6.14. The van der Waals surface area contributed by atoms with Crippen LogP contribution in [0.2, 0.25) is 5.02 Å². The smallest absolute Gasteiger partial charge is 0.244 e. The number of hydrogen-bond donors (Lipinski definition) is 1. The summed E-state index contributed by atoms with van der Waals surface area (Å²) in [7, 11) is -3.84. The van der Waals surface area contributed by atoms with Crippen LogP contribution in [0.5, 0.6) is 0 Å². The molecule has 0 saturated carbocycles. The number of sulfonamides is 1. The summed E-state index contributed by atoms with van der Waals surface area (Å²) in [6.45, 7) is 7.07. The van der Waals surface area contributed by atoms with Gasteiger partial charge in [-0.15, -0.1) is 0 Å². The van der Waals surface area contributed by atoms with Crippen LogP contribution in [0.3, 0.4) is 0 Å². The number of hydrogen-bond acceptors (Lipinski definition) is 4. The molecule has 1 N–H and O–H groups in total. The van der Waals surface area contributed by atoms with Crippen molar-refractivity contribution in [3.05, 3.63) is 99.0 Å². The first-order valence-electron chi connectivity index (χ1n) is 12.8. The average Bonchev–Trinajstić information content (AvgIpc) is 2.86. The van der Waals surface area contributed by atoms with E-state index in [0.717, 1.165) is 31.7 Å². The molecule has 0 radical (unpaired) electrons. The largest absolute Gasteiger partial charge is 0.350 e. The summed E-state index contributed by atoms with van der Waals surface area (Å²) in [5.41, 5.74) is 2.26. The monoisotopic (exact) mass is 647 g/mol. The summed E-state index contributed by atoms with van der Waals surface area (Å²) in [6.07, 6.45) is 1.31. The predicted octanol–water partition coefficient (Wildman–Crippen LogP) is 5.73. The van der Waals surface area contributed by atoms with E-state index < -0.39 is 34.1 Å². The molecule has 1 unspecified atom stereocenters. The molecule has 3 rings (SSSR count). The maximum atomic E-state index is 14.1. The highest BCUT2D eigenvalue weighted by Gasteiger charge is 2.34. The first kappa shape index (κ1) is 31.6. The van der Waals surface area contributed by atoms with Crippen molar-refractivity contribution in [2.24, 2.45) is 0 Å². The molecule has 0 saturated heterocycles. The van der Waals surface area contributed by atoms with Gasteiger partial charge in [-0.25, -0.2) is 8.42 Å². The topological polar surface area (TPSA) is 86.8 Å². The van der Waals surface area contributed by atoms with Crippen LogP contribution in [-0.2, 0) is 32.6 Å². The number of carbonyl (C=O) groups is 2. The second-order valence-corrected chi connectivity index (χ2v) is 14.0. The number of aryl methyl sites for hydroxylation is 1. The van der Waals surface area contributed by atoms with Crippen molar-refractivity contribution in [3.8, 4) is 0 Å². The van der Waals surface area contributed by atoms with E-state index in [1.54, 1.807) is 42.5 Å². The molecule has 10 heteroatoms. The molecule has 3 aromatic carbocycles. The van der Waals surface area contributed by atoms with Crippen LogP contribution < -0.4 is 9.62 Å². The summed E-state index contributed by atoms with van der Waals surface area (Å²) in [5, 5.41) is 3.55. The summed E-state index contributed by atoms with van der Waals surface area (Å²) in [4.78, 5) is 29.3. The van der Waals surface area contributed by atoms with Crippen molar-refractivity contribution >= 4 is 55.1 Å². The average molecular weight is 649 g/mol. The number of nitrogens with one attached hydrogen (secondary N) is 1. The van der Waals surface area contributed by atoms with E-state index >= 15 is 0 Å². The van der Waals surface area contributed by atoms with E-state index in [4.69, 9.17) is 11.6 Å². The molecule has 0 aliphatic heterocycles. The van der Waals surface area contributed by atoms with Gasteiger partial charge in [0.1, 0.15) is 12.6 Å². The van der Waals surface area contributed by atoms with Crippen molar-refractivity contribution in [2.45, 2.75) is 52.2 Å². The highest BCUT2D eigenvalue weighted by molar-refractivity contribution is 9.10. The minimum absolute atomic E-state index is 0.0854. The molecule has 3 aromatic rings. The zero-order chi connectivity index (χ0) is 29.7. The Bertz CT molecular complexity index is 1440. The lowest BCUT2D eigenvalue weighted by Crippen LogP contribution is -2.56. The molecule has 7 nitrogen and oxygen atoms in total. The summed E-state index contributed by atoms with van der Waals surface area (Å²) < 4.78 is 27.7. The number of benzene rings is 3. The van der Waals surface area contributed by atoms with E-state index in [1.807, 2.05) is 58.0 Å². The molecule has 1 atom stereocenters. The Kier molecular flexibility index (Phi) is 10.4. The van der Waals surface area contributed by atoms with E-state index in [9.17, 15) is 18.0 Å². The van der Waals surface area contributed by atoms with Crippen LogP contribution in [-0.4, -0.2) is 49.5 Å². The molecule has 214 valence electrons. The van der Waals surface area contributed by atoms with Gasteiger partial charge in [-0.05, 0) is 74.7 Å². The molecule has 0 aromatic heterocycles. The molecule has 0 heterocycles. The molecule has 0 bridgehead atoms. The minimum Gasteiger partial charge on any atom is -0.350 e. The highest BCUT2D eigenvalue weighted by atomic mass is 79.9. The minimum atomic E-state index is -3.84. The zero-order valence-corrected chi connectivity index (χ0v) is 26.5. The Morgan fingerprint density at radius 2 is 1.60 bits per heavy atom. The molecule has 2 amide bonds. The van der Waals surface area contributed by atoms with Gasteiger partial charge in [-0.2, -0.15) is 0 Å². The fourth-order valence-corrected chi connectivity index (χ4v) is 5.41. The van der Waals surface area contributed by atoms with Gasteiger partial charge in [0.25, 0.3) is 0 Å². The number of carbonyl (C=O) groups excluding carboxylic acids is 2. The molecule has 0 fully saturated rings. The quantitative estimate of drug-likeness (QED) is 0.304. The molecule has 40 heavy (non-hydrogen) atoms. The van der Waals surface area contributed by atoms with Crippen LogP contribution in [0.15, 0.2) is 77.3 Å². The van der Waals surface area contributed by atoms with Crippen LogP contribution in [0.1, 0.15) is 37.5 Å². The number of nitrogens with zero attached hydrogens (tertiary/aromatic N) is 2. The van der Waals surface area contributed by atoms with Crippen molar-refractivity contribution in [2.75, 3.05) is 17.1 Å². The van der Waals surface area contributed by atoms with Crippen LogP contribution in [0.4, 0.5) is 5.69 Å². The number of amides is 2. The van der Waals surface area contributed by atoms with Gasteiger partial charge < -0.3 is 10.2 Å². The maximum absolute atomic E-state index is 14.1. The molecular weight excluding hydrogens is 614 g/mol. The number of anilines is 1. The molecule has 0 aliphatic carbocycles. The maximum Gasteiger partial charge on any atom is 0.244 e. The van der Waals surface area contributed by atoms with E-state index in [-0.39, 0.29) is 18.9 Å². The fourth-order valence-electron chi connectivity index (χ4n) is 4.19. The van der Waals surface area contributed by atoms with Crippen molar-refractivity contribution in [1.29, 1.82) is 0 Å². The van der Waals surface area contributed by atoms with E-state index in [0.29, 0.717) is 10.7 Å². The van der Waals surface area contributed by atoms with E-state index in [1.165, 1.54) is 4.90 Å². The first-order chi connectivity index (χ1) is 18.6. The van der Waals surface area contributed by atoms with Crippen molar-refractivity contribution in [3.63, 3.8) is 0 Å². The number of halogens is 2. The van der Waals surface area contributed by atoms with Gasteiger partial charge in [0.2, 0.25) is 21.8 Å². The summed E-state index contributed by atoms with van der Waals surface area (Å²) in [5.74, 6) is -0.838. The third-order valence-corrected chi connectivity index (χ3v) is 8.43. The molecule has 0 aliphatic rings. The SMILES string of the molecule is Cc1cc(N(CC(=O)N(Cc2ccc(Cl)cc2)C(Cc2ccccc2)C(=O)NC(C)(C)C)S(C)(=O)=O)ccc1Br. The Hall–Kier alpha value is -2.88.